The van der Waals surface area contributed by atoms with Crippen molar-refractivity contribution in [1.29, 1.82) is 0 Å². The van der Waals surface area contributed by atoms with Crippen LogP contribution in [0.1, 0.15) is 52.7 Å². The van der Waals surface area contributed by atoms with Crippen molar-refractivity contribution in [3.8, 4) is 11.1 Å². The van der Waals surface area contributed by atoms with Crippen molar-refractivity contribution in [3.05, 3.63) is 71.2 Å². The molecule has 0 aliphatic heterocycles. The van der Waals surface area contributed by atoms with Crippen molar-refractivity contribution in [1.82, 2.24) is 0 Å². The van der Waals surface area contributed by atoms with Crippen LogP contribution >= 0.6 is 0 Å². The van der Waals surface area contributed by atoms with Crippen molar-refractivity contribution in [3.63, 3.8) is 0 Å². The highest BCUT2D eigenvalue weighted by Crippen LogP contribution is 2.35. The number of pyridine rings is 1. The van der Waals surface area contributed by atoms with E-state index in [1.54, 1.807) is 12.4 Å². The third-order valence-electron chi connectivity index (χ3n) is 4.75. The molecular formula is C23H27NO. The third-order valence-corrected chi connectivity index (χ3v) is 4.75. The van der Waals surface area contributed by atoms with Crippen LogP contribution in [-0.2, 0) is 10.8 Å². The first-order valence-corrected chi connectivity index (χ1v) is 8.84. The van der Waals surface area contributed by atoms with Gasteiger partial charge in [-0.15, -0.1) is 0 Å². The minimum atomic E-state index is 0.0496. The summed E-state index contributed by atoms with van der Waals surface area (Å²) in [5.74, 6) is 0. The van der Waals surface area contributed by atoms with Gasteiger partial charge in [-0.1, -0.05) is 77.9 Å². The van der Waals surface area contributed by atoms with Crippen LogP contribution in [0.4, 0.5) is 0 Å². The highest BCUT2D eigenvalue weighted by atomic mass is 16.5. The van der Waals surface area contributed by atoms with Crippen LogP contribution in [0.3, 0.4) is 0 Å². The second-order valence-corrected chi connectivity index (χ2v) is 8.92. The van der Waals surface area contributed by atoms with E-state index >= 15 is 0 Å². The van der Waals surface area contributed by atoms with E-state index in [1.807, 2.05) is 18.2 Å². The molecule has 2 aromatic carbocycles. The molecule has 3 aromatic rings. The number of aromatic nitrogens is 1. The summed E-state index contributed by atoms with van der Waals surface area (Å²) in [6, 6.07) is 14.8. The first-order chi connectivity index (χ1) is 11.6. The van der Waals surface area contributed by atoms with E-state index in [-0.39, 0.29) is 10.8 Å². The van der Waals surface area contributed by atoms with E-state index in [4.69, 9.17) is 0 Å². The monoisotopic (exact) mass is 333 g/mol. The Balaban J connectivity index is 2.34. The smallest absolute Gasteiger partial charge is 0.188 e. The molecule has 0 unspecified atom stereocenters. The molecule has 0 saturated carbocycles. The average Bonchev–Trinajstić information content (AvgIpc) is 2.52. The molecule has 0 atom stereocenters. The summed E-state index contributed by atoms with van der Waals surface area (Å²) in [6.45, 7) is 13.4. The number of hydrogen-bond acceptors (Lipinski definition) is 1. The Morgan fingerprint density at radius 2 is 1.32 bits per heavy atom. The van der Waals surface area contributed by atoms with Gasteiger partial charge in [0.15, 0.2) is 12.4 Å². The lowest BCUT2D eigenvalue weighted by Gasteiger charge is -2.26. The maximum atomic E-state index is 12.2. The molecule has 25 heavy (non-hydrogen) atoms. The Bertz CT molecular complexity index is 895. The highest BCUT2D eigenvalue weighted by Gasteiger charge is 2.22. The van der Waals surface area contributed by atoms with Crippen molar-refractivity contribution in [2.24, 2.45) is 0 Å². The van der Waals surface area contributed by atoms with Crippen LogP contribution in [0.25, 0.3) is 21.9 Å². The summed E-state index contributed by atoms with van der Waals surface area (Å²) in [6.07, 6.45) is 3.33. The molecule has 1 aromatic heterocycles. The van der Waals surface area contributed by atoms with Gasteiger partial charge in [-0.2, -0.15) is 4.73 Å². The maximum Gasteiger partial charge on any atom is 0.188 e. The van der Waals surface area contributed by atoms with Crippen molar-refractivity contribution < 1.29 is 4.73 Å². The van der Waals surface area contributed by atoms with Gasteiger partial charge < -0.3 is 5.21 Å². The van der Waals surface area contributed by atoms with Gasteiger partial charge in [-0.05, 0) is 33.6 Å². The summed E-state index contributed by atoms with van der Waals surface area (Å²) in [4.78, 5) is 0. The number of nitrogens with zero attached hydrogens (tertiary/aromatic N) is 1. The SMILES string of the molecule is CC(C)(C)c1cc(-c2c[n+]([O-])cc3ccccc23)cc(C(C)(C)C)c1. The molecule has 0 radical (unpaired) electrons. The molecule has 0 amide bonds. The lowest BCUT2D eigenvalue weighted by Crippen LogP contribution is -2.24. The van der Waals surface area contributed by atoms with Gasteiger partial charge in [0, 0.05) is 10.8 Å². The first kappa shape index (κ1) is 17.5. The molecule has 130 valence electrons. The minimum absolute atomic E-state index is 0.0496. The van der Waals surface area contributed by atoms with Crippen LogP contribution in [-0.4, -0.2) is 0 Å². The predicted octanol–water partition coefficient (Wildman–Crippen LogP) is 5.74. The predicted molar refractivity (Wildman–Crippen MR) is 106 cm³/mol. The molecule has 0 aliphatic rings. The lowest BCUT2D eigenvalue weighted by atomic mass is 9.79. The first-order valence-electron chi connectivity index (χ1n) is 8.84. The molecule has 1 heterocycles. The quantitative estimate of drug-likeness (QED) is 0.412. The number of benzene rings is 2. The molecule has 0 N–H and O–H groups in total. The normalized spacial score (nSPS) is 12.6. The van der Waals surface area contributed by atoms with Crippen LogP contribution < -0.4 is 4.73 Å². The van der Waals surface area contributed by atoms with Crippen molar-refractivity contribution in [2.45, 2.75) is 52.4 Å². The molecule has 0 bridgehead atoms. The van der Waals surface area contributed by atoms with Gasteiger partial charge in [0.1, 0.15) is 0 Å². The van der Waals surface area contributed by atoms with Gasteiger partial charge in [-0.25, -0.2) is 0 Å². The fraction of sp³-hybridized carbons (Fsp3) is 0.348. The number of rotatable bonds is 1. The fourth-order valence-electron chi connectivity index (χ4n) is 3.11. The topological polar surface area (TPSA) is 26.9 Å². The zero-order chi connectivity index (χ0) is 18.4. The summed E-state index contributed by atoms with van der Waals surface area (Å²) in [5, 5.41) is 14.2. The summed E-state index contributed by atoms with van der Waals surface area (Å²) in [7, 11) is 0. The number of fused-ring (bicyclic) bond motifs is 1. The molecule has 2 heteroatoms. The fourth-order valence-corrected chi connectivity index (χ4v) is 3.11. The molecule has 0 saturated heterocycles. The van der Waals surface area contributed by atoms with Gasteiger partial charge in [0.2, 0.25) is 0 Å². The Kier molecular flexibility index (Phi) is 4.10. The van der Waals surface area contributed by atoms with E-state index < -0.39 is 0 Å². The van der Waals surface area contributed by atoms with Gasteiger partial charge in [0.05, 0.1) is 5.56 Å². The highest BCUT2D eigenvalue weighted by molar-refractivity contribution is 5.95. The van der Waals surface area contributed by atoms with E-state index in [9.17, 15) is 5.21 Å². The van der Waals surface area contributed by atoms with Crippen LogP contribution in [0.2, 0.25) is 0 Å². The van der Waals surface area contributed by atoms with Crippen molar-refractivity contribution in [2.75, 3.05) is 0 Å². The van der Waals surface area contributed by atoms with E-state index in [2.05, 4.69) is 65.8 Å². The lowest BCUT2D eigenvalue weighted by molar-refractivity contribution is -0.603. The summed E-state index contributed by atoms with van der Waals surface area (Å²) in [5.41, 5.74) is 4.78. The Morgan fingerprint density at radius 1 is 0.760 bits per heavy atom. The number of hydrogen-bond donors (Lipinski definition) is 0. The largest absolute Gasteiger partial charge is 0.619 e. The third kappa shape index (κ3) is 3.53. The van der Waals surface area contributed by atoms with Gasteiger partial charge >= 0.3 is 0 Å². The second-order valence-electron chi connectivity index (χ2n) is 8.92. The van der Waals surface area contributed by atoms with Gasteiger partial charge in [0.25, 0.3) is 0 Å². The molecule has 3 rings (SSSR count). The Labute approximate surface area is 150 Å². The minimum Gasteiger partial charge on any atom is -0.619 e. The Morgan fingerprint density at radius 3 is 1.88 bits per heavy atom. The maximum absolute atomic E-state index is 12.2. The zero-order valence-corrected chi connectivity index (χ0v) is 16.1. The zero-order valence-electron chi connectivity index (χ0n) is 16.1. The van der Waals surface area contributed by atoms with E-state index in [0.717, 1.165) is 26.6 Å². The van der Waals surface area contributed by atoms with Gasteiger partial charge in [-0.3, -0.25) is 0 Å². The second kappa shape index (κ2) is 5.87. The standard InChI is InChI=1S/C23H27NO/c1-22(2,3)18-11-17(12-19(13-18)23(4,5)6)21-15-24(25)14-16-9-7-8-10-20(16)21/h7-15H,1-6H3. The molecular weight excluding hydrogens is 306 g/mol. The molecule has 2 nitrogen and oxygen atoms in total. The molecule has 0 fully saturated rings. The summed E-state index contributed by atoms with van der Waals surface area (Å²) < 4.78 is 0.915. The summed E-state index contributed by atoms with van der Waals surface area (Å²) >= 11 is 0. The molecule has 0 aliphatic carbocycles. The average molecular weight is 333 g/mol. The van der Waals surface area contributed by atoms with E-state index in [0.29, 0.717) is 0 Å². The van der Waals surface area contributed by atoms with Crippen molar-refractivity contribution >= 4 is 10.8 Å². The van der Waals surface area contributed by atoms with E-state index in [1.165, 1.54) is 11.1 Å². The Hall–Kier alpha value is -2.35. The van der Waals surface area contributed by atoms with Crippen LogP contribution in [0.5, 0.6) is 0 Å². The van der Waals surface area contributed by atoms with Crippen LogP contribution in [0, 0.1) is 5.21 Å². The van der Waals surface area contributed by atoms with Crippen LogP contribution in [0.15, 0.2) is 54.9 Å². The molecule has 0 spiro atoms.